The molecule has 1 saturated heterocycles. The Morgan fingerprint density at radius 1 is 1.16 bits per heavy atom. The van der Waals surface area contributed by atoms with E-state index in [-0.39, 0.29) is 17.5 Å². The van der Waals surface area contributed by atoms with Gasteiger partial charge in [0, 0.05) is 55.5 Å². The monoisotopic (exact) mass is 435 g/mol. The van der Waals surface area contributed by atoms with Crippen LogP contribution in [0.1, 0.15) is 28.9 Å². The highest BCUT2D eigenvalue weighted by molar-refractivity contribution is 5.99. The minimum absolute atomic E-state index is 0.0171. The van der Waals surface area contributed by atoms with Crippen LogP contribution in [-0.2, 0) is 0 Å². The number of piperidine rings is 1. The Morgan fingerprint density at radius 2 is 1.94 bits per heavy atom. The quantitative estimate of drug-likeness (QED) is 0.658. The number of primary amides is 1. The predicted octanol–water partition coefficient (Wildman–Crippen LogP) is 3.44. The molecule has 3 aromatic rings. The molecule has 0 atom stereocenters. The van der Waals surface area contributed by atoms with Crippen molar-refractivity contribution < 1.29 is 18.3 Å². The van der Waals surface area contributed by atoms with Crippen molar-refractivity contribution in [1.29, 1.82) is 5.26 Å². The average Bonchev–Trinajstić information content (AvgIpc) is 2.81. The molecule has 9 heteroatoms. The number of carbonyl (C=O) groups is 1. The van der Waals surface area contributed by atoms with Gasteiger partial charge in [0.2, 0.25) is 0 Å². The summed E-state index contributed by atoms with van der Waals surface area (Å²) >= 11 is 0. The summed E-state index contributed by atoms with van der Waals surface area (Å²) in [7, 11) is 0. The van der Waals surface area contributed by atoms with E-state index in [1.54, 1.807) is 18.2 Å². The van der Waals surface area contributed by atoms with E-state index < -0.39 is 17.5 Å². The van der Waals surface area contributed by atoms with Gasteiger partial charge in [0.15, 0.2) is 11.6 Å². The lowest BCUT2D eigenvalue weighted by Crippen LogP contribution is -2.39. The Balaban J connectivity index is 1.58. The minimum Gasteiger partial charge on any atom is -0.487 e. The second-order valence-corrected chi connectivity index (χ2v) is 7.35. The normalized spacial score (nSPS) is 14.1. The van der Waals surface area contributed by atoms with Crippen LogP contribution in [-0.4, -0.2) is 35.1 Å². The van der Waals surface area contributed by atoms with Gasteiger partial charge in [-0.2, -0.15) is 5.26 Å². The van der Waals surface area contributed by atoms with Crippen molar-refractivity contribution >= 4 is 11.7 Å². The van der Waals surface area contributed by atoms with Crippen LogP contribution >= 0.6 is 0 Å². The first-order valence-corrected chi connectivity index (χ1v) is 9.98. The minimum atomic E-state index is -0.737. The van der Waals surface area contributed by atoms with Crippen molar-refractivity contribution in [3.63, 3.8) is 0 Å². The molecule has 7 nitrogen and oxygen atoms in total. The van der Waals surface area contributed by atoms with Crippen LogP contribution in [0.15, 0.2) is 48.8 Å². The van der Waals surface area contributed by atoms with Gasteiger partial charge in [0.25, 0.3) is 5.91 Å². The van der Waals surface area contributed by atoms with E-state index in [9.17, 15) is 18.8 Å². The zero-order chi connectivity index (χ0) is 22.7. The van der Waals surface area contributed by atoms with E-state index >= 15 is 0 Å². The van der Waals surface area contributed by atoms with Crippen molar-refractivity contribution in [3.05, 3.63) is 71.7 Å². The van der Waals surface area contributed by atoms with Gasteiger partial charge < -0.3 is 15.4 Å². The number of hydrogen-bond donors (Lipinski definition) is 1. The summed E-state index contributed by atoms with van der Waals surface area (Å²) < 4.78 is 32.7. The van der Waals surface area contributed by atoms with Crippen molar-refractivity contribution in [1.82, 2.24) is 9.97 Å². The molecule has 1 aliphatic heterocycles. The van der Waals surface area contributed by atoms with Crippen LogP contribution in [0.5, 0.6) is 5.75 Å². The molecule has 1 fully saturated rings. The maximum atomic E-state index is 13.9. The number of amides is 1. The second kappa shape index (κ2) is 8.98. The highest BCUT2D eigenvalue weighted by Crippen LogP contribution is 2.33. The van der Waals surface area contributed by atoms with Crippen LogP contribution in [0, 0.1) is 23.0 Å². The van der Waals surface area contributed by atoms with Crippen LogP contribution in [0.25, 0.3) is 11.1 Å². The molecule has 1 amide bonds. The summed E-state index contributed by atoms with van der Waals surface area (Å²) in [5.41, 5.74) is 7.00. The van der Waals surface area contributed by atoms with E-state index in [2.05, 4.69) is 16.0 Å². The molecule has 0 spiro atoms. The summed E-state index contributed by atoms with van der Waals surface area (Å²) in [5, 5.41) is 9.32. The Morgan fingerprint density at radius 3 is 2.62 bits per heavy atom. The fourth-order valence-corrected chi connectivity index (χ4v) is 3.72. The Kier molecular flexibility index (Phi) is 5.94. The lowest BCUT2D eigenvalue weighted by atomic mass is 10.0. The topological polar surface area (TPSA) is 105 Å². The number of benzene rings is 1. The van der Waals surface area contributed by atoms with E-state index in [1.165, 1.54) is 18.5 Å². The van der Waals surface area contributed by atoms with Crippen LogP contribution in [0.3, 0.4) is 0 Å². The summed E-state index contributed by atoms with van der Waals surface area (Å²) in [4.78, 5) is 22.4. The summed E-state index contributed by atoms with van der Waals surface area (Å²) in [6.45, 7) is 1.09. The SMILES string of the molecule is N#Cc1cnc(N2CCC(Oc3ccc(F)cc3F)CC2)c(-c2cccnc2C(N)=O)c1. The number of nitriles is 1. The number of ether oxygens (including phenoxy) is 1. The first-order chi connectivity index (χ1) is 15.5. The number of hydrogen-bond acceptors (Lipinski definition) is 6. The number of pyridine rings is 2. The van der Waals surface area contributed by atoms with E-state index in [0.29, 0.717) is 48.4 Å². The molecular formula is C23H19F2N5O2. The first kappa shape index (κ1) is 21.2. The van der Waals surface area contributed by atoms with Crippen LogP contribution in [0.4, 0.5) is 14.6 Å². The molecule has 0 aliphatic carbocycles. The van der Waals surface area contributed by atoms with Gasteiger partial charge >= 0.3 is 0 Å². The highest BCUT2D eigenvalue weighted by Gasteiger charge is 2.26. The van der Waals surface area contributed by atoms with Gasteiger partial charge in [0.05, 0.1) is 5.56 Å². The van der Waals surface area contributed by atoms with Gasteiger partial charge in [-0.1, -0.05) is 6.07 Å². The maximum absolute atomic E-state index is 13.9. The molecule has 2 N–H and O–H groups in total. The number of nitrogens with two attached hydrogens (primary N) is 1. The summed E-state index contributed by atoms with van der Waals surface area (Å²) in [5.74, 6) is -1.47. The van der Waals surface area contributed by atoms with Gasteiger partial charge in [0.1, 0.15) is 29.5 Å². The van der Waals surface area contributed by atoms with Crippen LogP contribution < -0.4 is 15.4 Å². The molecular weight excluding hydrogens is 416 g/mol. The predicted molar refractivity (Wildman–Crippen MR) is 113 cm³/mol. The summed E-state index contributed by atoms with van der Waals surface area (Å²) in [6, 6.07) is 10.3. The Hall–Kier alpha value is -4.06. The van der Waals surface area contributed by atoms with Gasteiger partial charge in [-0.25, -0.2) is 13.8 Å². The fourth-order valence-electron chi connectivity index (χ4n) is 3.72. The number of rotatable bonds is 5. The molecule has 0 radical (unpaired) electrons. The van der Waals surface area contributed by atoms with E-state index in [4.69, 9.17) is 10.5 Å². The van der Waals surface area contributed by atoms with Gasteiger partial charge in [-0.3, -0.25) is 9.78 Å². The number of carbonyl (C=O) groups excluding carboxylic acids is 1. The van der Waals surface area contributed by atoms with Crippen LogP contribution in [0.2, 0.25) is 0 Å². The standard InChI is InChI=1S/C23H19F2N5O2/c24-15-3-4-20(19(25)11-15)32-16-5-8-30(9-6-16)23-18(10-14(12-26)13-29-23)17-2-1-7-28-21(17)22(27)31/h1-4,7,10-11,13,16H,5-6,8-9H2,(H2,27,31). The molecule has 0 saturated carbocycles. The van der Waals surface area contributed by atoms with Crippen molar-refractivity contribution in [2.24, 2.45) is 5.73 Å². The Bertz CT molecular complexity index is 1200. The molecule has 4 rings (SSSR count). The molecule has 1 aromatic carbocycles. The molecule has 0 bridgehead atoms. The first-order valence-electron chi connectivity index (χ1n) is 9.98. The Labute approximate surface area is 183 Å². The average molecular weight is 435 g/mol. The third-order valence-corrected chi connectivity index (χ3v) is 5.26. The second-order valence-electron chi connectivity index (χ2n) is 7.35. The lowest BCUT2D eigenvalue weighted by molar-refractivity contribution is 0.0996. The summed E-state index contributed by atoms with van der Waals surface area (Å²) in [6.07, 6.45) is 3.85. The van der Waals surface area contributed by atoms with Gasteiger partial charge in [-0.15, -0.1) is 0 Å². The van der Waals surface area contributed by atoms with Crippen molar-refractivity contribution in [2.45, 2.75) is 18.9 Å². The zero-order valence-corrected chi connectivity index (χ0v) is 17.0. The van der Waals surface area contributed by atoms with E-state index in [1.807, 2.05) is 4.90 Å². The molecule has 1 aliphatic rings. The van der Waals surface area contributed by atoms with Gasteiger partial charge in [-0.05, 0) is 24.3 Å². The smallest absolute Gasteiger partial charge is 0.267 e. The number of halogens is 2. The van der Waals surface area contributed by atoms with Crippen molar-refractivity contribution in [3.8, 4) is 22.9 Å². The number of anilines is 1. The largest absolute Gasteiger partial charge is 0.487 e. The maximum Gasteiger partial charge on any atom is 0.267 e. The third-order valence-electron chi connectivity index (χ3n) is 5.26. The fraction of sp³-hybridized carbons (Fsp3) is 0.217. The zero-order valence-electron chi connectivity index (χ0n) is 17.0. The number of aromatic nitrogens is 2. The number of nitrogens with zero attached hydrogens (tertiary/aromatic N) is 4. The molecule has 2 aromatic heterocycles. The molecule has 32 heavy (non-hydrogen) atoms. The third kappa shape index (κ3) is 4.34. The van der Waals surface area contributed by atoms with E-state index in [0.717, 1.165) is 12.1 Å². The molecule has 0 unspecified atom stereocenters. The lowest BCUT2D eigenvalue weighted by Gasteiger charge is -2.34. The molecule has 162 valence electrons. The molecule has 3 heterocycles. The van der Waals surface area contributed by atoms with Crippen molar-refractivity contribution in [2.75, 3.05) is 18.0 Å². The highest BCUT2D eigenvalue weighted by atomic mass is 19.1.